The highest BCUT2D eigenvalue weighted by Crippen LogP contribution is 2.09. The average Bonchev–Trinajstić information content (AvgIpc) is 2.24. The van der Waals surface area contributed by atoms with E-state index < -0.39 is 23.9 Å². The van der Waals surface area contributed by atoms with E-state index in [1.165, 1.54) is 19.1 Å². The van der Waals surface area contributed by atoms with Crippen LogP contribution in [0.4, 0.5) is 0 Å². The summed E-state index contributed by atoms with van der Waals surface area (Å²) in [7, 11) is 0. The molecule has 0 saturated carbocycles. The molecule has 18 heavy (non-hydrogen) atoms. The fourth-order valence-corrected chi connectivity index (χ4v) is 1.45. The van der Waals surface area contributed by atoms with Crippen molar-refractivity contribution in [3.05, 3.63) is 29.0 Å². The number of halogens is 1. The summed E-state index contributed by atoms with van der Waals surface area (Å²) >= 11 is 5.63. The number of nitrogens with one attached hydrogen (secondary N) is 1. The molecule has 3 N–H and O–H groups in total. The normalized spacial score (nSPS) is 13.7. The molecule has 0 saturated heterocycles. The van der Waals surface area contributed by atoms with E-state index in [1.54, 1.807) is 6.07 Å². The number of aliphatic hydroxyl groups is 1. The molecule has 0 aliphatic rings. The third-order valence-electron chi connectivity index (χ3n) is 2.11. The summed E-state index contributed by atoms with van der Waals surface area (Å²) in [6.07, 6.45) is -0.462. The van der Waals surface area contributed by atoms with Crippen LogP contribution in [0.1, 0.15) is 23.8 Å². The third kappa shape index (κ3) is 4.68. The Morgan fingerprint density at radius 3 is 2.72 bits per heavy atom. The molecule has 0 spiro atoms. The minimum atomic E-state index is -1.51. The van der Waals surface area contributed by atoms with Gasteiger partial charge in [0.05, 0.1) is 12.0 Å². The lowest BCUT2D eigenvalue weighted by Gasteiger charge is -2.21. The van der Waals surface area contributed by atoms with Gasteiger partial charge in [-0.3, -0.25) is 9.59 Å². The highest BCUT2D eigenvalue weighted by Gasteiger charge is 2.25. The number of carboxylic acid groups (broad SMARTS) is 1. The summed E-state index contributed by atoms with van der Waals surface area (Å²) in [5.74, 6) is -1.67. The van der Waals surface area contributed by atoms with E-state index >= 15 is 0 Å². The number of rotatable bonds is 5. The molecule has 6 nitrogen and oxygen atoms in total. The number of hydrogen-bond donors (Lipinski definition) is 3. The van der Waals surface area contributed by atoms with Gasteiger partial charge in [-0.2, -0.15) is 0 Å². The molecule has 98 valence electrons. The molecule has 0 radical (unpaired) electrons. The Morgan fingerprint density at radius 1 is 1.50 bits per heavy atom. The van der Waals surface area contributed by atoms with Gasteiger partial charge in [0.2, 0.25) is 0 Å². The number of pyridine rings is 1. The number of aliphatic carboxylic acids is 1. The van der Waals surface area contributed by atoms with Crippen molar-refractivity contribution in [2.24, 2.45) is 0 Å². The smallest absolute Gasteiger partial charge is 0.306 e. The lowest BCUT2D eigenvalue weighted by Crippen LogP contribution is -2.42. The Hall–Kier alpha value is -1.66. The quantitative estimate of drug-likeness (QED) is 0.685. The first-order chi connectivity index (χ1) is 8.30. The SMILES string of the molecule is CC(O)(CNC(=O)c1cccc(Cl)n1)CC(=O)O. The van der Waals surface area contributed by atoms with Gasteiger partial charge in [-0.05, 0) is 19.1 Å². The minimum absolute atomic E-state index is 0.105. The fourth-order valence-electron chi connectivity index (χ4n) is 1.28. The van der Waals surface area contributed by atoms with Crippen LogP contribution in [0.5, 0.6) is 0 Å². The summed E-state index contributed by atoms with van der Waals surface area (Å²) in [6.45, 7) is 1.14. The van der Waals surface area contributed by atoms with Crippen LogP contribution in [0.15, 0.2) is 18.2 Å². The van der Waals surface area contributed by atoms with E-state index in [2.05, 4.69) is 10.3 Å². The number of nitrogens with zero attached hydrogens (tertiary/aromatic N) is 1. The molecular weight excluding hydrogens is 260 g/mol. The van der Waals surface area contributed by atoms with E-state index in [-0.39, 0.29) is 17.4 Å². The minimum Gasteiger partial charge on any atom is -0.481 e. The molecule has 1 aromatic rings. The topological polar surface area (TPSA) is 99.5 Å². The number of carbonyl (C=O) groups is 2. The van der Waals surface area contributed by atoms with Crippen LogP contribution < -0.4 is 5.32 Å². The van der Waals surface area contributed by atoms with Crippen LogP contribution in [-0.4, -0.2) is 39.2 Å². The van der Waals surface area contributed by atoms with Gasteiger partial charge >= 0.3 is 5.97 Å². The molecule has 0 fully saturated rings. The van der Waals surface area contributed by atoms with Gasteiger partial charge in [0.15, 0.2) is 0 Å². The summed E-state index contributed by atoms with van der Waals surface area (Å²) in [5.41, 5.74) is -1.41. The zero-order valence-electron chi connectivity index (χ0n) is 9.68. The largest absolute Gasteiger partial charge is 0.481 e. The maximum Gasteiger partial charge on any atom is 0.306 e. The van der Waals surface area contributed by atoms with Crippen molar-refractivity contribution in [2.75, 3.05) is 6.54 Å². The van der Waals surface area contributed by atoms with Crippen LogP contribution in [0.3, 0.4) is 0 Å². The van der Waals surface area contributed by atoms with Crippen LogP contribution >= 0.6 is 11.6 Å². The second kappa shape index (κ2) is 5.79. The standard InChI is InChI=1S/C11H13ClN2O4/c1-11(18,5-9(15)16)6-13-10(17)7-3-2-4-8(12)14-7/h2-4,18H,5-6H2,1H3,(H,13,17)(H,15,16). The second-order valence-corrected chi connectivity index (χ2v) is 4.48. The Labute approximate surface area is 109 Å². The van der Waals surface area contributed by atoms with Crippen molar-refractivity contribution >= 4 is 23.5 Å². The fraction of sp³-hybridized carbons (Fsp3) is 0.364. The molecule has 1 aromatic heterocycles. The first-order valence-electron chi connectivity index (χ1n) is 5.15. The van der Waals surface area contributed by atoms with Crippen molar-refractivity contribution in [2.45, 2.75) is 18.9 Å². The molecule has 0 aliphatic carbocycles. The molecule has 1 unspecified atom stereocenters. The Balaban J connectivity index is 2.58. The molecule has 0 bridgehead atoms. The zero-order valence-corrected chi connectivity index (χ0v) is 10.4. The van der Waals surface area contributed by atoms with Gasteiger partial charge in [0.1, 0.15) is 10.8 Å². The number of hydrogen-bond acceptors (Lipinski definition) is 4. The molecule has 7 heteroatoms. The molecule has 1 rings (SSSR count). The van der Waals surface area contributed by atoms with Crippen molar-refractivity contribution in [1.82, 2.24) is 10.3 Å². The van der Waals surface area contributed by atoms with E-state index in [0.29, 0.717) is 0 Å². The Morgan fingerprint density at radius 2 is 2.17 bits per heavy atom. The molecule has 1 heterocycles. The molecule has 1 atom stereocenters. The number of aromatic nitrogens is 1. The van der Waals surface area contributed by atoms with Gasteiger partial charge in [-0.25, -0.2) is 4.98 Å². The van der Waals surface area contributed by atoms with Gasteiger partial charge in [-0.15, -0.1) is 0 Å². The maximum absolute atomic E-state index is 11.6. The first kappa shape index (κ1) is 14.4. The summed E-state index contributed by atoms with van der Waals surface area (Å²) < 4.78 is 0. The highest BCUT2D eigenvalue weighted by atomic mass is 35.5. The average molecular weight is 273 g/mol. The van der Waals surface area contributed by atoms with Crippen molar-refractivity contribution < 1.29 is 19.8 Å². The molecule has 1 amide bonds. The van der Waals surface area contributed by atoms with Gasteiger partial charge in [0, 0.05) is 6.54 Å². The van der Waals surface area contributed by atoms with Crippen molar-refractivity contribution in [3.63, 3.8) is 0 Å². The molecular formula is C11H13ClN2O4. The lowest BCUT2D eigenvalue weighted by atomic mass is 10.0. The zero-order chi connectivity index (χ0) is 13.8. The molecule has 0 aromatic carbocycles. The van der Waals surface area contributed by atoms with Crippen LogP contribution in [-0.2, 0) is 4.79 Å². The molecule has 0 aliphatic heterocycles. The third-order valence-corrected chi connectivity index (χ3v) is 2.32. The number of amides is 1. The van der Waals surface area contributed by atoms with E-state index in [0.717, 1.165) is 0 Å². The lowest BCUT2D eigenvalue weighted by molar-refractivity contribution is -0.141. The predicted octanol–water partition coefficient (Wildman–Crippen LogP) is 0.691. The maximum atomic E-state index is 11.6. The van der Waals surface area contributed by atoms with Crippen molar-refractivity contribution in [1.29, 1.82) is 0 Å². The van der Waals surface area contributed by atoms with Gasteiger partial charge < -0.3 is 15.5 Å². The second-order valence-electron chi connectivity index (χ2n) is 4.10. The number of carbonyl (C=O) groups excluding carboxylic acids is 1. The monoisotopic (exact) mass is 272 g/mol. The predicted molar refractivity (Wildman–Crippen MR) is 64.5 cm³/mol. The summed E-state index contributed by atoms with van der Waals surface area (Å²) in [4.78, 5) is 25.9. The van der Waals surface area contributed by atoms with Gasteiger partial charge in [-0.1, -0.05) is 17.7 Å². The van der Waals surface area contributed by atoms with Gasteiger partial charge in [0.25, 0.3) is 5.91 Å². The highest BCUT2D eigenvalue weighted by molar-refractivity contribution is 6.29. The van der Waals surface area contributed by atoms with E-state index in [9.17, 15) is 14.7 Å². The van der Waals surface area contributed by atoms with Crippen LogP contribution in [0.2, 0.25) is 5.15 Å². The Bertz CT molecular complexity index is 462. The van der Waals surface area contributed by atoms with Crippen LogP contribution in [0, 0.1) is 0 Å². The van der Waals surface area contributed by atoms with E-state index in [4.69, 9.17) is 16.7 Å². The summed E-state index contributed by atoms with van der Waals surface area (Å²) in [5, 5.41) is 20.8. The van der Waals surface area contributed by atoms with Crippen molar-refractivity contribution in [3.8, 4) is 0 Å². The van der Waals surface area contributed by atoms with Crippen LogP contribution in [0.25, 0.3) is 0 Å². The number of carboxylic acids is 1. The summed E-state index contributed by atoms with van der Waals surface area (Å²) in [6, 6.07) is 4.56. The Kier molecular flexibility index (Phi) is 4.63. The van der Waals surface area contributed by atoms with E-state index in [1.807, 2.05) is 0 Å². The first-order valence-corrected chi connectivity index (χ1v) is 5.53.